The summed E-state index contributed by atoms with van der Waals surface area (Å²) in [4.78, 5) is 42.6. The van der Waals surface area contributed by atoms with Crippen molar-refractivity contribution in [2.24, 2.45) is 0 Å². The molecule has 55 heavy (non-hydrogen) atoms. The number of nitrogens with one attached hydrogen (secondary N) is 2. The van der Waals surface area contributed by atoms with Gasteiger partial charge in [-0.2, -0.15) is 0 Å². The Kier molecular flexibility index (Phi) is 11.8. The number of benzene rings is 2. The van der Waals surface area contributed by atoms with Gasteiger partial charge in [-0.3, -0.25) is 9.59 Å². The molecule has 0 atom stereocenters. The monoisotopic (exact) mass is 736 g/mol. The van der Waals surface area contributed by atoms with Crippen molar-refractivity contribution in [1.82, 2.24) is 30.6 Å². The van der Waals surface area contributed by atoms with Gasteiger partial charge >= 0.3 is 0 Å². The summed E-state index contributed by atoms with van der Waals surface area (Å²) < 4.78 is 5.43. The zero-order chi connectivity index (χ0) is 38.2. The fourth-order valence-electron chi connectivity index (χ4n) is 7.50. The number of hydrogen-bond acceptors (Lipinski definition) is 8. The minimum Gasteiger partial charge on any atom is -0.385 e. The largest absolute Gasteiger partial charge is 0.385 e. The maximum absolute atomic E-state index is 12.6. The SMILES string of the molecule is Cc1nc2ncccc2cc1C(=O)NCc1ccc(C2(O)CCCCC2)cc1.Cc1nc2ncccc2cc1C(=O)NCc1ccc(C2CCOCC2)cc1. The van der Waals surface area contributed by atoms with Crippen LogP contribution in [0.15, 0.2) is 97.3 Å². The second kappa shape index (κ2) is 17.3. The summed E-state index contributed by atoms with van der Waals surface area (Å²) in [6, 6.07) is 27.7. The third-order valence-electron chi connectivity index (χ3n) is 10.8. The molecule has 2 amide bonds. The van der Waals surface area contributed by atoms with Crippen molar-refractivity contribution in [3.05, 3.63) is 142 Å². The van der Waals surface area contributed by atoms with E-state index < -0.39 is 5.60 Å². The molecule has 2 aliphatic rings. The molecule has 10 heteroatoms. The number of rotatable bonds is 8. The first-order chi connectivity index (χ1) is 26.8. The average molecular weight is 737 g/mol. The van der Waals surface area contributed by atoms with Crippen LogP contribution in [0.25, 0.3) is 22.1 Å². The number of fused-ring (bicyclic) bond motifs is 2. The fourth-order valence-corrected chi connectivity index (χ4v) is 7.50. The number of aryl methyl sites for hydroxylation is 2. The normalized spacial score (nSPS) is 15.5. The Morgan fingerprint density at radius 3 is 1.71 bits per heavy atom. The molecule has 0 radical (unpaired) electrons. The Morgan fingerprint density at radius 1 is 0.709 bits per heavy atom. The molecule has 2 aromatic carbocycles. The van der Waals surface area contributed by atoms with Crippen LogP contribution in [0.2, 0.25) is 0 Å². The molecule has 1 saturated carbocycles. The van der Waals surface area contributed by atoms with Gasteiger partial charge in [0, 0.05) is 49.5 Å². The minimum atomic E-state index is -0.693. The number of hydrogen-bond donors (Lipinski definition) is 3. The van der Waals surface area contributed by atoms with Gasteiger partial charge in [0.15, 0.2) is 11.3 Å². The molecule has 1 aliphatic heterocycles. The predicted molar refractivity (Wildman–Crippen MR) is 214 cm³/mol. The lowest BCUT2D eigenvalue weighted by molar-refractivity contribution is -0.000648. The van der Waals surface area contributed by atoms with Gasteiger partial charge in [0.25, 0.3) is 11.8 Å². The topological polar surface area (TPSA) is 139 Å². The van der Waals surface area contributed by atoms with E-state index in [0.29, 0.717) is 52.8 Å². The molecular formula is C45H48N6O4. The van der Waals surface area contributed by atoms with Gasteiger partial charge in [-0.15, -0.1) is 0 Å². The summed E-state index contributed by atoms with van der Waals surface area (Å²) in [5, 5.41) is 18.5. The van der Waals surface area contributed by atoms with Crippen LogP contribution in [-0.4, -0.2) is 50.1 Å². The van der Waals surface area contributed by atoms with Gasteiger partial charge < -0.3 is 20.5 Å². The number of aliphatic hydroxyl groups is 1. The van der Waals surface area contributed by atoms with E-state index in [4.69, 9.17) is 4.74 Å². The zero-order valence-corrected chi connectivity index (χ0v) is 31.6. The number of ether oxygens (including phenoxy) is 1. The van der Waals surface area contributed by atoms with E-state index >= 15 is 0 Å². The number of nitrogens with zero attached hydrogens (tertiary/aromatic N) is 4. The zero-order valence-electron chi connectivity index (χ0n) is 31.6. The second-order valence-electron chi connectivity index (χ2n) is 14.6. The first-order valence-corrected chi connectivity index (χ1v) is 19.3. The lowest BCUT2D eigenvalue weighted by Crippen LogP contribution is -2.28. The Labute approximate surface area is 321 Å². The van der Waals surface area contributed by atoms with Crippen LogP contribution in [0, 0.1) is 13.8 Å². The standard InChI is InChI=1S/C23H25N3O2.C22H23N3O2/c1-16-20(14-18-6-5-13-24-21(18)26-16)22(27)25-15-17-7-9-19(10-8-17)23(28)11-3-2-4-12-23;1-15-20(13-19-3-2-10-23-21(19)25-15)22(26)24-14-16-4-6-17(7-5-16)18-8-11-27-12-9-18/h5-10,13-14,28H,2-4,11-12,15H2,1H3,(H,25,27);2-7,10,13,18H,8-9,11-12,14H2,1H3,(H,24,26). The Morgan fingerprint density at radius 2 is 1.20 bits per heavy atom. The van der Waals surface area contributed by atoms with Gasteiger partial charge in [-0.1, -0.05) is 67.8 Å². The molecule has 8 rings (SSSR count). The highest BCUT2D eigenvalue weighted by molar-refractivity contribution is 5.98. The van der Waals surface area contributed by atoms with Crippen molar-refractivity contribution < 1.29 is 19.4 Å². The van der Waals surface area contributed by atoms with Crippen LogP contribution in [0.4, 0.5) is 0 Å². The summed E-state index contributed by atoms with van der Waals surface area (Å²) in [6.07, 6.45) is 10.6. The van der Waals surface area contributed by atoms with E-state index in [2.05, 4.69) is 54.8 Å². The van der Waals surface area contributed by atoms with Crippen LogP contribution in [0.3, 0.4) is 0 Å². The number of amides is 2. The van der Waals surface area contributed by atoms with Crippen molar-refractivity contribution in [2.45, 2.75) is 83.4 Å². The highest BCUT2D eigenvalue weighted by Crippen LogP contribution is 2.37. The molecule has 1 saturated heterocycles. The van der Waals surface area contributed by atoms with E-state index in [9.17, 15) is 14.7 Å². The van der Waals surface area contributed by atoms with E-state index in [0.717, 1.165) is 79.2 Å². The van der Waals surface area contributed by atoms with E-state index in [-0.39, 0.29) is 11.8 Å². The van der Waals surface area contributed by atoms with Gasteiger partial charge in [-0.25, -0.2) is 19.9 Å². The molecular weight excluding hydrogens is 689 g/mol. The third kappa shape index (κ3) is 9.21. The number of carbonyl (C=O) groups excluding carboxylic acids is 2. The van der Waals surface area contributed by atoms with Gasteiger partial charge in [0.05, 0.1) is 28.1 Å². The van der Waals surface area contributed by atoms with Crippen LogP contribution in [-0.2, 0) is 23.4 Å². The molecule has 2 fully saturated rings. The first kappa shape index (κ1) is 37.7. The van der Waals surface area contributed by atoms with Crippen LogP contribution in [0.1, 0.15) is 105 Å². The molecule has 282 valence electrons. The highest BCUT2D eigenvalue weighted by atomic mass is 16.5. The maximum Gasteiger partial charge on any atom is 0.253 e. The van der Waals surface area contributed by atoms with Crippen LogP contribution >= 0.6 is 0 Å². The summed E-state index contributed by atoms with van der Waals surface area (Å²) in [5.74, 6) is 0.326. The number of aromatic nitrogens is 4. The van der Waals surface area contributed by atoms with Gasteiger partial charge in [0.1, 0.15) is 0 Å². The van der Waals surface area contributed by atoms with E-state index in [1.807, 2.05) is 74.5 Å². The molecule has 1 aliphatic carbocycles. The second-order valence-corrected chi connectivity index (χ2v) is 14.6. The van der Waals surface area contributed by atoms with E-state index in [1.165, 1.54) is 12.0 Å². The maximum atomic E-state index is 12.6. The lowest BCUT2D eigenvalue weighted by Gasteiger charge is -2.32. The van der Waals surface area contributed by atoms with Crippen molar-refractivity contribution in [3.8, 4) is 0 Å². The molecule has 6 aromatic rings. The lowest BCUT2D eigenvalue weighted by atomic mass is 9.79. The minimum absolute atomic E-state index is 0.112. The summed E-state index contributed by atoms with van der Waals surface area (Å²) >= 11 is 0. The Bertz CT molecular complexity index is 2260. The molecule has 3 N–H and O–H groups in total. The smallest absolute Gasteiger partial charge is 0.253 e. The molecule has 0 bridgehead atoms. The third-order valence-corrected chi connectivity index (χ3v) is 10.8. The molecule has 5 heterocycles. The van der Waals surface area contributed by atoms with Crippen LogP contribution in [0.5, 0.6) is 0 Å². The van der Waals surface area contributed by atoms with Gasteiger partial charge in [-0.05, 0) is 104 Å². The highest BCUT2D eigenvalue weighted by Gasteiger charge is 2.30. The van der Waals surface area contributed by atoms with Crippen LogP contribution < -0.4 is 10.6 Å². The van der Waals surface area contributed by atoms with Gasteiger partial charge in [0.2, 0.25) is 0 Å². The number of pyridine rings is 4. The molecule has 0 spiro atoms. The van der Waals surface area contributed by atoms with Crippen molar-refractivity contribution in [1.29, 1.82) is 0 Å². The summed E-state index contributed by atoms with van der Waals surface area (Å²) in [6.45, 7) is 6.28. The molecule has 0 unspecified atom stereocenters. The molecule has 4 aromatic heterocycles. The predicted octanol–water partition coefficient (Wildman–Crippen LogP) is 7.78. The first-order valence-electron chi connectivity index (χ1n) is 19.3. The Hall–Kier alpha value is -5.58. The quantitative estimate of drug-likeness (QED) is 0.144. The summed E-state index contributed by atoms with van der Waals surface area (Å²) in [7, 11) is 0. The summed E-state index contributed by atoms with van der Waals surface area (Å²) in [5.41, 5.74) is 7.55. The Balaban J connectivity index is 0.000000169. The van der Waals surface area contributed by atoms with Crippen molar-refractivity contribution in [2.75, 3.05) is 13.2 Å². The van der Waals surface area contributed by atoms with Crippen molar-refractivity contribution in [3.63, 3.8) is 0 Å². The average Bonchev–Trinajstić information content (AvgIpc) is 3.22. The number of carbonyl (C=O) groups is 2. The van der Waals surface area contributed by atoms with E-state index in [1.54, 1.807) is 12.4 Å². The molecule has 10 nitrogen and oxygen atoms in total. The fraction of sp³-hybridized carbons (Fsp3) is 0.333. The van der Waals surface area contributed by atoms with Crippen molar-refractivity contribution >= 4 is 33.9 Å².